The summed E-state index contributed by atoms with van der Waals surface area (Å²) >= 11 is 0. The molecule has 0 aromatic heterocycles. The molecular weight excluding hydrogens is 402 g/mol. The van der Waals surface area contributed by atoms with Gasteiger partial charge in [-0.25, -0.2) is 8.42 Å². The standard InChI is InChI=1S/C18H21N3O7S/c1-12(18(22)19-13-6-5-7-14(10-13)21(23)24)20(29(4,25)26)16-11-15(27-2)8-9-17(16)28-3/h5-12H,1-4H3,(H,19,22)/t12-/m1/s1. The number of hydrogen-bond donors (Lipinski definition) is 1. The molecule has 0 saturated carbocycles. The number of nitrogens with zero attached hydrogens (tertiary/aromatic N) is 2. The maximum absolute atomic E-state index is 12.7. The number of nitro groups is 1. The second-order valence-corrected chi connectivity index (χ2v) is 7.93. The summed E-state index contributed by atoms with van der Waals surface area (Å²) in [6, 6.07) is 8.72. The Kier molecular flexibility index (Phi) is 6.64. The van der Waals surface area contributed by atoms with E-state index in [1.54, 1.807) is 6.07 Å². The molecule has 0 fully saturated rings. The zero-order valence-electron chi connectivity index (χ0n) is 16.3. The number of nitrogens with one attached hydrogen (secondary N) is 1. The summed E-state index contributed by atoms with van der Waals surface area (Å²) in [5, 5.41) is 13.4. The van der Waals surface area contributed by atoms with E-state index in [-0.39, 0.29) is 22.8 Å². The Labute approximate surface area is 168 Å². The van der Waals surface area contributed by atoms with E-state index in [0.29, 0.717) is 5.75 Å². The minimum absolute atomic E-state index is 0.121. The van der Waals surface area contributed by atoms with Crippen LogP contribution in [0.5, 0.6) is 11.5 Å². The molecule has 11 heteroatoms. The lowest BCUT2D eigenvalue weighted by atomic mass is 10.2. The number of hydrogen-bond acceptors (Lipinski definition) is 7. The SMILES string of the molecule is COc1ccc(OC)c(N([C@H](C)C(=O)Nc2cccc([N+](=O)[O-])c2)S(C)(=O)=O)c1. The second kappa shape index (κ2) is 8.78. The van der Waals surface area contributed by atoms with Crippen LogP contribution in [0.3, 0.4) is 0 Å². The van der Waals surface area contributed by atoms with Gasteiger partial charge in [0.25, 0.3) is 5.69 Å². The highest BCUT2D eigenvalue weighted by Crippen LogP contribution is 2.35. The van der Waals surface area contributed by atoms with Crippen molar-refractivity contribution in [1.29, 1.82) is 0 Å². The Morgan fingerprint density at radius 3 is 2.41 bits per heavy atom. The van der Waals surface area contributed by atoms with Crippen LogP contribution in [0.25, 0.3) is 0 Å². The Morgan fingerprint density at radius 2 is 1.86 bits per heavy atom. The van der Waals surface area contributed by atoms with Crippen LogP contribution in [0.1, 0.15) is 6.92 Å². The molecule has 0 spiro atoms. The molecule has 0 bridgehead atoms. The first kappa shape index (κ1) is 22.0. The lowest BCUT2D eigenvalue weighted by Gasteiger charge is -2.29. The lowest BCUT2D eigenvalue weighted by molar-refractivity contribution is -0.384. The number of methoxy groups -OCH3 is 2. The zero-order valence-corrected chi connectivity index (χ0v) is 17.1. The average molecular weight is 423 g/mol. The van der Waals surface area contributed by atoms with Gasteiger partial charge >= 0.3 is 0 Å². The first-order valence-corrected chi connectivity index (χ1v) is 10.2. The smallest absolute Gasteiger partial charge is 0.271 e. The number of amides is 1. The molecule has 0 heterocycles. The summed E-state index contributed by atoms with van der Waals surface area (Å²) in [5.74, 6) is -0.0761. The van der Waals surface area contributed by atoms with Gasteiger partial charge in [0.2, 0.25) is 15.9 Å². The van der Waals surface area contributed by atoms with Gasteiger partial charge in [0.1, 0.15) is 17.5 Å². The topological polar surface area (TPSA) is 128 Å². The van der Waals surface area contributed by atoms with E-state index in [1.165, 1.54) is 57.5 Å². The first-order chi connectivity index (χ1) is 13.6. The van der Waals surface area contributed by atoms with Crippen LogP contribution < -0.4 is 19.1 Å². The number of anilines is 2. The van der Waals surface area contributed by atoms with Gasteiger partial charge in [-0.2, -0.15) is 0 Å². The Bertz CT molecular complexity index is 1020. The van der Waals surface area contributed by atoms with Crippen molar-refractivity contribution >= 4 is 33.0 Å². The van der Waals surface area contributed by atoms with E-state index in [0.717, 1.165) is 10.6 Å². The highest BCUT2D eigenvalue weighted by atomic mass is 32.2. The van der Waals surface area contributed by atoms with Crippen LogP contribution in [-0.2, 0) is 14.8 Å². The van der Waals surface area contributed by atoms with Crippen molar-refractivity contribution in [1.82, 2.24) is 0 Å². The molecule has 2 aromatic rings. The van der Waals surface area contributed by atoms with Crippen LogP contribution >= 0.6 is 0 Å². The predicted molar refractivity (Wildman–Crippen MR) is 108 cm³/mol. The van der Waals surface area contributed by atoms with Crippen LogP contribution in [0, 0.1) is 10.1 Å². The molecule has 156 valence electrons. The van der Waals surface area contributed by atoms with Gasteiger partial charge in [0.15, 0.2) is 0 Å². The maximum atomic E-state index is 12.7. The van der Waals surface area contributed by atoms with Crippen molar-refractivity contribution in [2.75, 3.05) is 30.1 Å². The molecule has 29 heavy (non-hydrogen) atoms. The Hall–Kier alpha value is -3.34. The van der Waals surface area contributed by atoms with Crippen LogP contribution in [-0.4, -0.2) is 45.8 Å². The van der Waals surface area contributed by atoms with Crippen molar-refractivity contribution < 1.29 is 27.6 Å². The van der Waals surface area contributed by atoms with Gasteiger partial charge in [0.05, 0.1) is 31.1 Å². The number of benzene rings is 2. The minimum Gasteiger partial charge on any atom is -0.497 e. The van der Waals surface area contributed by atoms with Crippen molar-refractivity contribution in [3.63, 3.8) is 0 Å². The van der Waals surface area contributed by atoms with Gasteiger partial charge < -0.3 is 14.8 Å². The molecular formula is C18H21N3O7S. The highest BCUT2D eigenvalue weighted by molar-refractivity contribution is 7.92. The third-order valence-corrected chi connectivity index (χ3v) is 5.26. The van der Waals surface area contributed by atoms with E-state index in [4.69, 9.17) is 9.47 Å². The van der Waals surface area contributed by atoms with E-state index in [9.17, 15) is 23.3 Å². The van der Waals surface area contributed by atoms with Gasteiger partial charge in [-0.15, -0.1) is 0 Å². The summed E-state index contributed by atoms with van der Waals surface area (Å²) < 4.78 is 36.3. The fraction of sp³-hybridized carbons (Fsp3) is 0.278. The third-order valence-electron chi connectivity index (χ3n) is 4.04. The third kappa shape index (κ3) is 5.13. The largest absolute Gasteiger partial charge is 0.497 e. The molecule has 0 unspecified atom stereocenters. The molecule has 0 aliphatic carbocycles. The molecule has 0 aliphatic heterocycles. The van der Waals surface area contributed by atoms with Gasteiger partial charge in [-0.05, 0) is 25.1 Å². The summed E-state index contributed by atoms with van der Waals surface area (Å²) in [5.41, 5.74) is 0.0861. The van der Waals surface area contributed by atoms with Gasteiger partial charge in [-0.3, -0.25) is 19.2 Å². The Morgan fingerprint density at radius 1 is 1.17 bits per heavy atom. The average Bonchev–Trinajstić information content (AvgIpc) is 2.67. The fourth-order valence-corrected chi connectivity index (χ4v) is 3.86. The fourth-order valence-electron chi connectivity index (χ4n) is 2.69. The molecule has 1 amide bonds. The minimum atomic E-state index is -3.90. The van der Waals surface area contributed by atoms with Crippen LogP contribution in [0.2, 0.25) is 0 Å². The predicted octanol–water partition coefficient (Wildman–Crippen LogP) is 2.41. The monoisotopic (exact) mass is 423 g/mol. The summed E-state index contributed by atoms with van der Waals surface area (Å²) in [7, 11) is -1.10. The number of non-ortho nitro benzene ring substituents is 1. The van der Waals surface area contributed by atoms with E-state index < -0.39 is 26.9 Å². The molecule has 0 saturated heterocycles. The quantitative estimate of drug-likeness (QED) is 0.510. The number of carbonyl (C=O) groups is 1. The van der Waals surface area contributed by atoms with Crippen molar-refractivity contribution in [2.45, 2.75) is 13.0 Å². The molecule has 2 aromatic carbocycles. The second-order valence-electron chi connectivity index (χ2n) is 6.07. The molecule has 0 radical (unpaired) electrons. The van der Waals surface area contributed by atoms with Gasteiger partial charge in [-0.1, -0.05) is 6.07 Å². The van der Waals surface area contributed by atoms with E-state index in [1.807, 2.05) is 0 Å². The number of ether oxygens (including phenoxy) is 2. The lowest BCUT2D eigenvalue weighted by Crippen LogP contribution is -2.45. The van der Waals surface area contributed by atoms with Crippen molar-refractivity contribution in [3.05, 3.63) is 52.6 Å². The number of rotatable bonds is 8. The zero-order chi connectivity index (χ0) is 21.8. The number of nitro benzene ring substituents is 1. The van der Waals surface area contributed by atoms with Crippen molar-refractivity contribution in [3.8, 4) is 11.5 Å². The van der Waals surface area contributed by atoms with E-state index in [2.05, 4.69) is 5.32 Å². The summed E-state index contributed by atoms with van der Waals surface area (Å²) in [6.07, 6.45) is 0.961. The maximum Gasteiger partial charge on any atom is 0.271 e. The molecule has 0 aliphatic rings. The van der Waals surface area contributed by atoms with E-state index >= 15 is 0 Å². The molecule has 1 atom stereocenters. The Balaban J connectivity index is 2.42. The highest BCUT2D eigenvalue weighted by Gasteiger charge is 2.32. The van der Waals surface area contributed by atoms with Crippen molar-refractivity contribution in [2.24, 2.45) is 0 Å². The number of sulfonamides is 1. The molecule has 10 nitrogen and oxygen atoms in total. The summed E-state index contributed by atoms with van der Waals surface area (Å²) in [4.78, 5) is 23.1. The molecule has 2 rings (SSSR count). The summed E-state index contributed by atoms with van der Waals surface area (Å²) in [6.45, 7) is 1.40. The number of carbonyl (C=O) groups excluding carboxylic acids is 1. The van der Waals surface area contributed by atoms with Crippen LogP contribution in [0.4, 0.5) is 17.1 Å². The normalized spacial score (nSPS) is 12.0. The first-order valence-electron chi connectivity index (χ1n) is 8.35. The molecule has 1 N–H and O–H groups in total. The van der Waals surface area contributed by atoms with Crippen LogP contribution in [0.15, 0.2) is 42.5 Å². The van der Waals surface area contributed by atoms with Gasteiger partial charge in [0, 0.05) is 23.9 Å².